The number of carbonyl (C=O) groups excluding carboxylic acids is 2. The standard InChI is InChI=1S/C25H28N2O3S/c1-18-7-4-8-19(17-18)13-14-27(25(29)21-11-5-15-30-21)23(22-12-6-16-31-22)24(28)26-20-9-2-3-10-20/h4-8,11-12,15-17,20,23H,2-3,9-10,13-14H2,1H3,(H,26,28). The monoisotopic (exact) mass is 436 g/mol. The van der Waals surface area contributed by atoms with Crippen molar-refractivity contribution in [2.75, 3.05) is 6.54 Å². The van der Waals surface area contributed by atoms with Crippen molar-refractivity contribution in [1.29, 1.82) is 0 Å². The van der Waals surface area contributed by atoms with Crippen LogP contribution < -0.4 is 5.32 Å². The molecule has 4 rings (SSSR count). The third-order valence-electron chi connectivity index (χ3n) is 5.79. The second-order valence-corrected chi connectivity index (χ2v) is 9.10. The molecule has 6 heteroatoms. The summed E-state index contributed by atoms with van der Waals surface area (Å²) in [4.78, 5) is 29.4. The van der Waals surface area contributed by atoms with Gasteiger partial charge in [-0.1, -0.05) is 48.7 Å². The van der Waals surface area contributed by atoms with Gasteiger partial charge in [0.25, 0.3) is 5.91 Å². The molecule has 3 aromatic rings. The molecule has 1 unspecified atom stereocenters. The Morgan fingerprint density at radius 1 is 1.16 bits per heavy atom. The van der Waals surface area contributed by atoms with Gasteiger partial charge in [-0.2, -0.15) is 0 Å². The molecule has 0 radical (unpaired) electrons. The molecule has 2 aromatic heterocycles. The van der Waals surface area contributed by atoms with Crippen molar-refractivity contribution in [2.24, 2.45) is 0 Å². The molecule has 0 saturated heterocycles. The van der Waals surface area contributed by atoms with E-state index in [-0.39, 0.29) is 23.6 Å². The van der Waals surface area contributed by atoms with Crippen molar-refractivity contribution >= 4 is 23.2 Å². The molecule has 2 heterocycles. The SMILES string of the molecule is Cc1cccc(CCN(C(=O)c2ccco2)C(C(=O)NC2CCCC2)c2cccs2)c1. The van der Waals surface area contributed by atoms with Gasteiger partial charge in [-0.3, -0.25) is 9.59 Å². The molecule has 1 atom stereocenters. The van der Waals surface area contributed by atoms with E-state index in [1.54, 1.807) is 17.0 Å². The minimum absolute atomic E-state index is 0.113. The topological polar surface area (TPSA) is 62.6 Å². The largest absolute Gasteiger partial charge is 0.459 e. The average molecular weight is 437 g/mol. The maximum atomic E-state index is 13.4. The van der Waals surface area contributed by atoms with Gasteiger partial charge in [-0.05, 0) is 55.3 Å². The van der Waals surface area contributed by atoms with Crippen LogP contribution in [0.15, 0.2) is 64.6 Å². The maximum absolute atomic E-state index is 13.4. The van der Waals surface area contributed by atoms with Crippen molar-refractivity contribution in [2.45, 2.75) is 51.1 Å². The molecule has 0 aliphatic heterocycles. The third kappa shape index (κ3) is 5.25. The number of nitrogens with one attached hydrogen (secondary N) is 1. The first-order chi connectivity index (χ1) is 15.1. The summed E-state index contributed by atoms with van der Waals surface area (Å²) in [6.45, 7) is 2.47. The van der Waals surface area contributed by atoms with Gasteiger partial charge < -0.3 is 14.6 Å². The number of benzene rings is 1. The molecular weight excluding hydrogens is 408 g/mol. The van der Waals surface area contributed by atoms with E-state index in [1.807, 2.05) is 23.6 Å². The van der Waals surface area contributed by atoms with E-state index in [9.17, 15) is 9.59 Å². The van der Waals surface area contributed by atoms with Crippen LogP contribution in [0.2, 0.25) is 0 Å². The minimum atomic E-state index is -0.678. The van der Waals surface area contributed by atoms with E-state index in [0.717, 1.165) is 36.1 Å². The molecule has 5 nitrogen and oxygen atoms in total. The van der Waals surface area contributed by atoms with Crippen LogP contribution >= 0.6 is 11.3 Å². The van der Waals surface area contributed by atoms with E-state index in [1.165, 1.54) is 23.2 Å². The predicted molar refractivity (Wildman–Crippen MR) is 122 cm³/mol. The van der Waals surface area contributed by atoms with Crippen LogP contribution in [0.4, 0.5) is 0 Å². The van der Waals surface area contributed by atoms with E-state index in [0.29, 0.717) is 13.0 Å². The fourth-order valence-electron chi connectivity index (χ4n) is 4.23. The molecule has 1 N–H and O–H groups in total. The van der Waals surface area contributed by atoms with Crippen LogP contribution in [0.3, 0.4) is 0 Å². The average Bonchev–Trinajstić information content (AvgIpc) is 3.54. The zero-order valence-electron chi connectivity index (χ0n) is 17.8. The molecule has 1 fully saturated rings. The number of hydrogen-bond acceptors (Lipinski definition) is 4. The van der Waals surface area contributed by atoms with Gasteiger partial charge in [0.1, 0.15) is 6.04 Å². The van der Waals surface area contributed by atoms with Gasteiger partial charge in [-0.15, -0.1) is 11.3 Å². The van der Waals surface area contributed by atoms with Gasteiger partial charge in [0.05, 0.1) is 6.26 Å². The summed E-state index contributed by atoms with van der Waals surface area (Å²) >= 11 is 1.50. The van der Waals surface area contributed by atoms with Crippen LogP contribution in [-0.2, 0) is 11.2 Å². The summed E-state index contributed by atoms with van der Waals surface area (Å²) in [6.07, 6.45) is 6.42. The van der Waals surface area contributed by atoms with E-state index in [4.69, 9.17) is 4.42 Å². The van der Waals surface area contributed by atoms with E-state index < -0.39 is 6.04 Å². The highest BCUT2D eigenvalue weighted by molar-refractivity contribution is 7.10. The normalized spacial score (nSPS) is 15.0. The minimum Gasteiger partial charge on any atom is -0.459 e. The number of rotatable bonds is 8. The lowest BCUT2D eigenvalue weighted by Gasteiger charge is -2.31. The molecule has 1 saturated carbocycles. The number of carbonyl (C=O) groups is 2. The smallest absolute Gasteiger partial charge is 0.290 e. The molecule has 1 aromatic carbocycles. The molecule has 31 heavy (non-hydrogen) atoms. The molecule has 0 spiro atoms. The fraction of sp³-hybridized carbons (Fsp3) is 0.360. The molecule has 162 valence electrons. The number of hydrogen-bond donors (Lipinski definition) is 1. The van der Waals surface area contributed by atoms with Crippen LogP contribution in [-0.4, -0.2) is 29.3 Å². The summed E-state index contributed by atoms with van der Waals surface area (Å²) < 4.78 is 5.41. The van der Waals surface area contributed by atoms with Gasteiger partial charge in [0, 0.05) is 17.5 Å². The van der Waals surface area contributed by atoms with Gasteiger partial charge >= 0.3 is 0 Å². The van der Waals surface area contributed by atoms with Gasteiger partial charge in [0.2, 0.25) is 5.91 Å². The highest BCUT2D eigenvalue weighted by Gasteiger charge is 2.35. The van der Waals surface area contributed by atoms with Crippen molar-refractivity contribution in [3.63, 3.8) is 0 Å². The summed E-state index contributed by atoms with van der Waals surface area (Å²) in [5, 5.41) is 5.14. The Bertz CT molecular complexity index is 992. The zero-order valence-corrected chi connectivity index (χ0v) is 18.6. The Labute approximate surface area is 187 Å². The Morgan fingerprint density at radius 2 is 2.00 bits per heavy atom. The summed E-state index contributed by atoms with van der Waals surface area (Å²) in [5.41, 5.74) is 2.31. The second kappa shape index (κ2) is 9.96. The van der Waals surface area contributed by atoms with Gasteiger partial charge in [-0.25, -0.2) is 0 Å². The predicted octanol–water partition coefficient (Wildman–Crippen LogP) is 5.13. The van der Waals surface area contributed by atoms with Crippen LogP contribution in [0.5, 0.6) is 0 Å². The molecule has 2 amide bonds. The van der Waals surface area contributed by atoms with Crippen LogP contribution in [0, 0.1) is 6.92 Å². The lowest BCUT2D eigenvalue weighted by Crippen LogP contribution is -2.46. The van der Waals surface area contributed by atoms with Crippen molar-refractivity contribution < 1.29 is 14.0 Å². The van der Waals surface area contributed by atoms with Crippen LogP contribution in [0.25, 0.3) is 0 Å². The molecule has 1 aliphatic rings. The van der Waals surface area contributed by atoms with Crippen molar-refractivity contribution in [3.8, 4) is 0 Å². The summed E-state index contributed by atoms with van der Waals surface area (Å²) in [7, 11) is 0. The fourth-order valence-corrected chi connectivity index (χ4v) is 5.06. The lowest BCUT2D eigenvalue weighted by atomic mass is 10.1. The molecular formula is C25H28N2O3S. The Balaban J connectivity index is 1.63. The van der Waals surface area contributed by atoms with E-state index in [2.05, 4.69) is 30.4 Å². The number of furan rings is 1. The maximum Gasteiger partial charge on any atom is 0.290 e. The number of thiophene rings is 1. The Morgan fingerprint density at radius 3 is 2.68 bits per heavy atom. The summed E-state index contributed by atoms with van der Waals surface area (Å²) in [6, 6.07) is 15.0. The summed E-state index contributed by atoms with van der Waals surface area (Å²) in [5.74, 6) is -0.129. The Kier molecular flexibility index (Phi) is 6.87. The highest BCUT2D eigenvalue weighted by atomic mass is 32.1. The highest BCUT2D eigenvalue weighted by Crippen LogP contribution is 2.29. The number of aryl methyl sites for hydroxylation is 1. The zero-order chi connectivity index (χ0) is 21.6. The van der Waals surface area contributed by atoms with Crippen molar-refractivity contribution in [3.05, 3.63) is 81.9 Å². The third-order valence-corrected chi connectivity index (χ3v) is 6.72. The van der Waals surface area contributed by atoms with Crippen molar-refractivity contribution in [1.82, 2.24) is 10.2 Å². The van der Waals surface area contributed by atoms with Gasteiger partial charge in [0.15, 0.2) is 5.76 Å². The molecule has 1 aliphatic carbocycles. The molecule has 0 bridgehead atoms. The second-order valence-electron chi connectivity index (χ2n) is 8.12. The first-order valence-corrected chi connectivity index (χ1v) is 11.7. The number of nitrogens with zero attached hydrogens (tertiary/aromatic N) is 1. The Hall–Kier alpha value is -2.86. The first kappa shape index (κ1) is 21.4. The van der Waals surface area contributed by atoms with E-state index >= 15 is 0 Å². The van der Waals surface area contributed by atoms with Crippen LogP contribution in [0.1, 0.15) is 58.3 Å². The lowest BCUT2D eigenvalue weighted by molar-refractivity contribution is -0.126. The number of amides is 2. The quantitative estimate of drug-likeness (QED) is 0.532. The first-order valence-electron chi connectivity index (χ1n) is 10.9.